The fourth-order valence-electron chi connectivity index (χ4n) is 1.87. The molecule has 3 heteroatoms. The van der Waals surface area contributed by atoms with Crippen LogP contribution >= 0.6 is 0 Å². The molecule has 0 saturated heterocycles. The third-order valence-electron chi connectivity index (χ3n) is 2.67. The average molecular weight is 185 g/mol. The molecule has 0 fully saturated rings. The van der Waals surface area contributed by atoms with Gasteiger partial charge in [-0.05, 0) is 11.6 Å². The summed E-state index contributed by atoms with van der Waals surface area (Å²) in [5.74, 6) is 0. The molecule has 2 aliphatic rings. The first-order valence-corrected chi connectivity index (χ1v) is 4.85. The summed E-state index contributed by atoms with van der Waals surface area (Å²) in [5, 5.41) is 6.43. The molecule has 3 rings (SSSR count). The first kappa shape index (κ1) is 7.74. The maximum atomic E-state index is 4.48. The minimum atomic E-state index is 0.363. The van der Waals surface area contributed by atoms with Gasteiger partial charge in [0.2, 0.25) is 0 Å². The molecule has 70 valence electrons. The van der Waals surface area contributed by atoms with Crippen molar-refractivity contribution >= 4 is 18.1 Å². The molecular weight excluding hydrogens is 174 g/mol. The van der Waals surface area contributed by atoms with Crippen molar-refractivity contribution in [3.63, 3.8) is 0 Å². The van der Waals surface area contributed by atoms with E-state index >= 15 is 0 Å². The second kappa shape index (κ2) is 2.94. The van der Waals surface area contributed by atoms with Gasteiger partial charge < -0.3 is 0 Å². The van der Waals surface area contributed by atoms with Crippen LogP contribution < -0.4 is 0 Å². The van der Waals surface area contributed by atoms with E-state index in [0.29, 0.717) is 6.04 Å². The first-order chi connectivity index (χ1) is 6.93. The zero-order valence-corrected chi connectivity index (χ0v) is 7.80. The Morgan fingerprint density at radius 2 is 2.21 bits per heavy atom. The van der Waals surface area contributed by atoms with Crippen molar-refractivity contribution < 1.29 is 0 Å². The summed E-state index contributed by atoms with van der Waals surface area (Å²) in [6, 6.07) is 8.60. The molecule has 1 unspecified atom stereocenters. The van der Waals surface area contributed by atoms with Gasteiger partial charge in [0.15, 0.2) is 0 Å². The van der Waals surface area contributed by atoms with E-state index in [1.165, 1.54) is 5.56 Å². The van der Waals surface area contributed by atoms with Crippen molar-refractivity contribution in [2.24, 2.45) is 10.1 Å². The van der Waals surface area contributed by atoms with Gasteiger partial charge in [0, 0.05) is 18.9 Å². The van der Waals surface area contributed by atoms with E-state index in [9.17, 15) is 0 Å². The zero-order chi connectivity index (χ0) is 9.38. The number of nitrogens with zero attached hydrogens (tertiary/aromatic N) is 3. The SMILES string of the molecule is C1=Nc2ccccc2CN2N=CCC12. The van der Waals surface area contributed by atoms with E-state index in [2.05, 4.69) is 33.3 Å². The number of hydrazone groups is 1. The smallest absolute Gasteiger partial charge is 0.0875 e. The Morgan fingerprint density at radius 3 is 3.21 bits per heavy atom. The van der Waals surface area contributed by atoms with Gasteiger partial charge in [-0.25, -0.2) is 0 Å². The number of aliphatic imine (C=N–C) groups is 1. The Balaban J connectivity index is 2.04. The van der Waals surface area contributed by atoms with Gasteiger partial charge in [0.25, 0.3) is 0 Å². The molecule has 0 N–H and O–H groups in total. The predicted molar refractivity (Wildman–Crippen MR) is 57.0 cm³/mol. The van der Waals surface area contributed by atoms with E-state index < -0.39 is 0 Å². The molecule has 0 bridgehead atoms. The van der Waals surface area contributed by atoms with Crippen LogP contribution in [0, 0.1) is 0 Å². The topological polar surface area (TPSA) is 28.0 Å². The van der Waals surface area contributed by atoms with Crippen molar-refractivity contribution in [1.29, 1.82) is 0 Å². The normalized spacial score (nSPS) is 23.1. The molecule has 1 aromatic carbocycles. The summed E-state index contributed by atoms with van der Waals surface area (Å²) in [6.07, 6.45) is 4.95. The third-order valence-corrected chi connectivity index (χ3v) is 2.67. The van der Waals surface area contributed by atoms with Gasteiger partial charge in [-0.2, -0.15) is 5.10 Å². The van der Waals surface area contributed by atoms with Gasteiger partial charge in [-0.1, -0.05) is 18.2 Å². The minimum Gasteiger partial charge on any atom is -0.284 e. The summed E-state index contributed by atoms with van der Waals surface area (Å²) in [5.41, 5.74) is 2.34. The monoisotopic (exact) mass is 185 g/mol. The van der Waals surface area contributed by atoms with Gasteiger partial charge in [-0.3, -0.25) is 10.0 Å². The molecule has 2 heterocycles. The summed E-state index contributed by atoms with van der Waals surface area (Å²) in [4.78, 5) is 4.48. The Kier molecular flexibility index (Phi) is 1.63. The minimum absolute atomic E-state index is 0.363. The van der Waals surface area contributed by atoms with E-state index in [1.807, 2.05) is 18.5 Å². The van der Waals surface area contributed by atoms with Crippen LogP contribution in [0.5, 0.6) is 0 Å². The Labute approximate surface area is 82.8 Å². The second-order valence-electron chi connectivity index (χ2n) is 3.61. The molecule has 1 aromatic rings. The predicted octanol–water partition coefficient (Wildman–Crippen LogP) is 1.96. The largest absolute Gasteiger partial charge is 0.284 e. The van der Waals surface area contributed by atoms with Crippen LogP contribution in [0.1, 0.15) is 12.0 Å². The van der Waals surface area contributed by atoms with Crippen LogP contribution in [-0.2, 0) is 6.54 Å². The van der Waals surface area contributed by atoms with Crippen LogP contribution in [0.4, 0.5) is 5.69 Å². The highest BCUT2D eigenvalue weighted by Crippen LogP contribution is 2.26. The van der Waals surface area contributed by atoms with Crippen LogP contribution in [0.15, 0.2) is 34.4 Å². The number of para-hydroxylation sites is 1. The molecule has 0 radical (unpaired) electrons. The van der Waals surface area contributed by atoms with Crippen molar-refractivity contribution in [3.8, 4) is 0 Å². The maximum Gasteiger partial charge on any atom is 0.0875 e. The number of hydrogen-bond donors (Lipinski definition) is 0. The van der Waals surface area contributed by atoms with E-state index in [1.54, 1.807) is 0 Å². The van der Waals surface area contributed by atoms with Crippen molar-refractivity contribution in [2.45, 2.75) is 19.0 Å². The van der Waals surface area contributed by atoms with Crippen LogP contribution in [-0.4, -0.2) is 23.5 Å². The summed E-state index contributed by atoms with van der Waals surface area (Å²) in [7, 11) is 0. The number of benzene rings is 1. The van der Waals surface area contributed by atoms with Crippen LogP contribution in [0.25, 0.3) is 0 Å². The molecular formula is C11H11N3. The number of rotatable bonds is 0. The van der Waals surface area contributed by atoms with Crippen molar-refractivity contribution in [1.82, 2.24) is 5.01 Å². The standard InChI is InChI=1S/C11H11N3/c1-2-4-11-9(3-1)8-14-10(7-12-11)5-6-13-14/h1-4,6-7,10H,5,8H2. The molecule has 2 aliphatic heterocycles. The quantitative estimate of drug-likeness (QED) is 0.607. The number of fused-ring (bicyclic) bond motifs is 2. The van der Waals surface area contributed by atoms with Crippen LogP contribution in [0.3, 0.4) is 0 Å². The van der Waals surface area contributed by atoms with Gasteiger partial charge in [-0.15, -0.1) is 0 Å². The molecule has 0 spiro atoms. The van der Waals surface area contributed by atoms with Crippen molar-refractivity contribution in [2.75, 3.05) is 0 Å². The lowest BCUT2D eigenvalue weighted by Crippen LogP contribution is -2.25. The molecule has 0 aromatic heterocycles. The molecule has 0 saturated carbocycles. The molecule has 3 nitrogen and oxygen atoms in total. The highest BCUT2D eigenvalue weighted by atomic mass is 15.5. The first-order valence-electron chi connectivity index (χ1n) is 4.85. The number of hydrogen-bond acceptors (Lipinski definition) is 3. The third kappa shape index (κ3) is 1.13. The molecule has 1 atom stereocenters. The van der Waals surface area contributed by atoms with Crippen LogP contribution in [0.2, 0.25) is 0 Å². The highest BCUT2D eigenvalue weighted by molar-refractivity contribution is 5.77. The lowest BCUT2D eigenvalue weighted by atomic mass is 10.2. The molecule has 14 heavy (non-hydrogen) atoms. The van der Waals surface area contributed by atoms with Crippen molar-refractivity contribution in [3.05, 3.63) is 29.8 Å². The summed E-state index contributed by atoms with van der Waals surface area (Å²) < 4.78 is 0. The molecule has 0 amide bonds. The van der Waals surface area contributed by atoms with E-state index in [4.69, 9.17) is 0 Å². The van der Waals surface area contributed by atoms with E-state index in [0.717, 1.165) is 18.7 Å². The van der Waals surface area contributed by atoms with Gasteiger partial charge in [0.1, 0.15) is 0 Å². The Bertz CT molecular complexity index is 409. The zero-order valence-electron chi connectivity index (χ0n) is 7.80. The summed E-state index contributed by atoms with van der Waals surface area (Å²) in [6.45, 7) is 0.872. The lowest BCUT2D eigenvalue weighted by molar-refractivity contribution is 0.277. The molecule has 0 aliphatic carbocycles. The second-order valence-corrected chi connectivity index (χ2v) is 3.61. The van der Waals surface area contributed by atoms with Gasteiger partial charge >= 0.3 is 0 Å². The van der Waals surface area contributed by atoms with E-state index in [-0.39, 0.29) is 0 Å². The maximum absolute atomic E-state index is 4.48. The Morgan fingerprint density at radius 1 is 1.29 bits per heavy atom. The van der Waals surface area contributed by atoms with Gasteiger partial charge in [0.05, 0.1) is 18.3 Å². The fourth-order valence-corrected chi connectivity index (χ4v) is 1.87. The summed E-state index contributed by atoms with van der Waals surface area (Å²) >= 11 is 0. The highest BCUT2D eigenvalue weighted by Gasteiger charge is 2.21. The average Bonchev–Trinajstić information content (AvgIpc) is 2.58. The Hall–Kier alpha value is -1.64. The fraction of sp³-hybridized carbons (Fsp3) is 0.273. The lowest BCUT2D eigenvalue weighted by Gasteiger charge is -2.18.